The average molecular weight is 350 g/mol. The van der Waals surface area contributed by atoms with Gasteiger partial charge in [0.05, 0.1) is 17.1 Å². The van der Waals surface area contributed by atoms with E-state index in [2.05, 4.69) is 30.5 Å². The lowest BCUT2D eigenvalue weighted by Gasteiger charge is -2.10. The smallest absolute Gasteiger partial charge is 0.237 e. The first-order valence-corrected chi connectivity index (χ1v) is 8.57. The molecule has 0 fully saturated rings. The maximum Gasteiger partial charge on any atom is 0.237 e. The molecule has 2 N–H and O–H groups in total. The van der Waals surface area contributed by atoms with Gasteiger partial charge in [0.15, 0.2) is 5.65 Å². The number of nitrogens with one attached hydrogen (secondary N) is 2. The van der Waals surface area contributed by atoms with E-state index in [9.17, 15) is 4.79 Å². The Balaban J connectivity index is 1.53. The van der Waals surface area contributed by atoms with Crippen molar-refractivity contribution in [2.45, 2.75) is 17.3 Å². The Morgan fingerprint density at radius 1 is 1.20 bits per heavy atom. The third-order valence-electron chi connectivity index (χ3n) is 3.68. The van der Waals surface area contributed by atoms with Gasteiger partial charge < -0.3 is 10.3 Å². The summed E-state index contributed by atoms with van der Waals surface area (Å²) in [4.78, 5) is 24.0. The summed E-state index contributed by atoms with van der Waals surface area (Å²) >= 11 is 1.26. The lowest BCUT2D eigenvalue weighted by molar-refractivity contribution is -0.115. The summed E-state index contributed by atoms with van der Waals surface area (Å²) in [6, 6.07) is 11.4. The number of fused-ring (bicyclic) bond motifs is 3. The summed E-state index contributed by atoms with van der Waals surface area (Å²) in [6.45, 7) is 1.80. The molecule has 0 aliphatic carbocycles. The topological polar surface area (TPSA) is 96.5 Å². The number of pyridine rings is 1. The number of hydrogen-bond donors (Lipinski definition) is 2. The number of thioether (sulfide) groups is 1. The molecule has 4 aromatic rings. The van der Waals surface area contributed by atoms with Gasteiger partial charge in [-0.3, -0.25) is 9.78 Å². The van der Waals surface area contributed by atoms with Crippen LogP contribution in [0, 0.1) is 0 Å². The number of anilines is 1. The third kappa shape index (κ3) is 3.16. The Morgan fingerprint density at radius 3 is 2.92 bits per heavy atom. The second-order valence-electron chi connectivity index (χ2n) is 5.45. The summed E-state index contributed by atoms with van der Waals surface area (Å²) in [5, 5.41) is 12.3. The van der Waals surface area contributed by atoms with Gasteiger partial charge in [-0.1, -0.05) is 30.0 Å². The number of hydrogen-bond acceptors (Lipinski definition) is 6. The van der Waals surface area contributed by atoms with Crippen LogP contribution in [0.2, 0.25) is 0 Å². The lowest BCUT2D eigenvalue weighted by atomic mass is 10.2. The first-order valence-electron chi connectivity index (χ1n) is 7.69. The SMILES string of the molecule is CC(Sc1nnc2c(n1)[nH]c1ccccc12)C(=O)Nc1cccnc1. The molecule has 0 aliphatic rings. The van der Waals surface area contributed by atoms with Gasteiger partial charge in [0, 0.05) is 17.1 Å². The predicted molar refractivity (Wildman–Crippen MR) is 97.4 cm³/mol. The number of aromatic nitrogens is 5. The minimum absolute atomic E-state index is 0.140. The Bertz CT molecular complexity index is 1050. The summed E-state index contributed by atoms with van der Waals surface area (Å²) in [6.07, 6.45) is 3.26. The van der Waals surface area contributed by atoms with Crippen LogP contribution in [-0.2, 0) is 4.79 Å². The Labute approximate surface area is 147 Å². The molecule has 1 atom stereocenters. The molecule has 8 heteroatoms. The number of aromatic amines is 1. The van der Waals surface area contributed by atoms with E-state index < -0.39 is 0 Å². The van der Waals surface area contributed by atoms with Crippen molar-refractivity contribution >= 4 is 45.4 Å². The van der Waals surface area contributed by atoms with Crippen LogP contribution in [0.15, 0.2) is 53.9 Å². The van der Waals surface area contributed by atoms with E-state index in [1.807, 2.05) is 24.3 Å². The van der Waals surface area contributed by atoms with Crippen molar-refractivity contribution in [2.24, 2.45) is 0 Å². The van der Waals surface area contributed by atoms with E-state index in [-0.39, 0.29) is 11.2 Å². The Morgan fingerprint density at radius 2 is 2.08 bits per heavy atom. The van der Waals surface area contributed by atoms with Gasteiger partial charge in [0.2, 0.25) is 11.1 Å². The average Bonchev–Trinajstić information content (AvgIpc) is 3.00. The normalized spacial score (nSPS) is 12.4. The lowest BCUT2D eigenvalue weighted by Crippen LogP contribution is -2.22. The number of carbonyl (C=O) groups is 1. The number of amides is 1. The molecule has 0 radical (unpaired) electrons. The molecule has 25 heavy (non-hydrogen) atoms. The van der Waals surface area contributed by atoms with E-state index in [0.717, 1.165) is 16.4 Å². The molecule has 1 unspecified atom stereocenters. The van der Waals surface area contributed by atoms with Crippen LogP contribution in [0.1, 0.15) is 6.92 Å². The highest BCUT2D eigenvalue weighted by atomic mass is 32.2. The summed E-state index contributed by atoms with van der Waals surface area (Å²) in [5.74, 6) is -0.140. The molecule has 3 aromatic heterocycles. The number of carbonyl (C=O) groups excluding carboxylic acids is 1. The molecule has 0 saturated carbocycles. The van der Waals surface area contributed by atoms with E-state index >= 15 is 0 Å². The van der Waals surface area contributed by atoms with Crippen molar-refractivity contribution in [1.82, 2.24) is 25.1 Å². The molecule has 7 nitrogen and oxygen atoms in total. The summed E-state index contributed by atoms with van der Waals surface area (Å²) in [5.41, 5.74) is 3.01. The fraction of sp³-hybridized carbons (Fsp3) is 0.118. The number of nitrogens with zero attached hydrogens (tertiary/aromatic N) is 4. The number of para-hydroxylation sites is 1. The Hall–Kier alpha value is -3.00. The second-order valence-corrected chi connectivity index (χ2v) is 6.76. The van der Waals surface area contributed by atoms with Crippen molar-refractivity contribution in [3.05, 3.63) is 48.8 Å². The molecule has 4 rings (SSSR count). The van der Waals surface area contributed by atoms with Crippen molar-refractivity contribution in [1.29, 1.82) is 0 Å². The van der Waals surface area contributed by atoms with Crippen LogP contribution < -0.4 is 5.32 Å². The van der Waals surface area contributed by atoms with E-state index in [0.29, 0.717) is 16.5 Å². The van der Waals surface area contributed by atoms with E-state index in [4.69, 9.17) is 0 Å². The zero-order chi connectivity index (χ0) is 17.2. The van der Waals surface area contributed by atoms with Gasteiger partial charge in [0.25, 0.3) is 0 Å². The minimum atomic E-state index is -0.371. The van der Waals surface area contributed by atoms with Crippen LogP contribution in [0.25, 0.3) is 22.1 Å². The predicted octanol–water partition coefficient (Wildman–Crippen LogP) is 3.02. The quantitative estimate of drug-likeness (QED) is 0.549. The number of rotatable bonds is 4. The van der Waals surface area contributed by atoms with Gasteiger partial charge in [-0.25, -0.2) is 4.98 Å². The van der Waals surface area contributed by atoms with Crippen LogP contribution in [0.5, 0.6) is 0 Å². The molecule has 1 amide bonds. The van der Waals surface area contributed by atoms with Crippen molar-refractivity contribution < 1.29 is 4.79 Å². The summed E-state index contributed by atoms with van der Waals surface area (Å²) in [7, 11) is 0. The van der Waals surface area contributed by atoms with Gasteiger partial charge in [-0.15, -0.1) is 10.2 Å². The largest absolute Gasteiger partial charge is 0.338 e. The standard InChI is InChI=1S/C17H14N6OS/c1-10(16(24)19-11-5-4-8-18-9-11)25-17-21-15-14(22-23-17)12-6-2-3-7-13(12)20-15/h2-10H,1H3,(H,19,24)(H,20,21,23). The van der Waals surface area contributed by atoms with Crippen LogP contribution in [-0.4, -0.2) is 36.3 Å². The van der Waals surface area contributed by atoms with Gasteiger partial charge in [0.1, 0.15) is 5.52 Å². The highest BCUT2D eigenvalue weighted by Crippen LogP contribution is 2.25. The zero-order valence-electron chi connectivity index (χ0n) is 13.3. The molecular formula is C17H14N6OS. The first kappa shape index (κ1) is 15.5. The zero-order valence-corrected chi connectivity index (χ0v) is 14.1. The maximum atomic E-state index is 12.3. The van der Waals surface area contributed by atoms with Crippen LogP contribution >= 0.6 is 11.8 Å². The van der Waals surface area contributed by atoms with Gasteiger partial charge in [-0.2, -0.15) is 0 Å². The van der Waals surface area contributed by atoms with Gasteiger partial charge in [-0.05, 0) is 25.1 Å². The van der Waals surface area contributed by atoms with Gasteiger partial charge >= 0.3 is 0 Å². The highest BCUT2D eigenvalue weighted by molar-refractivity contribution is 8.00. The highest BCUT2D eigenvalue weighted by Gasteiger charge is 2.17. The molecular weight excluding hydrogens is 336 g/mol. The molecule has 0 spiro atoms. The van der Waals surface area contributed by atoms with E-state index in [1.165, 1.54) is 11.8 Å². The van der Waals surface area contributed by atoms with Crippen molar-refractivity contribution in [3.63, 3.8) is 0 Å². The van der Waals surface area contributed by atoms with E-state index in [1.54, 1.807) is 31.5 Å². The number of H-pyrrole nitrogens is 1. The fourth-order valence-corrected chi connectivity index (χ4v) is 3.16. The van der Waals surface area contributed by atoms with Crippen molar-refractivity contribution in [3.8, 4) is 0 Å². The van der Waals surface area contributed by atoms with Crippen LogP contribution in [0.4, 0.5) is 5.69 Å². The third-order valence-corrected chi connectivity index (χ3v) is 4.63. The monoisotopic (exact) mass is 350 g/mol. The second kappa shape index (κ2) is 6.48. The molecule has 1 aromatic carbocycles. The first-order chi connectivity index (χ1) is 12.2. The molecule has 0 bridgehead atoms. The molecule has 0 saturated heterocycles. The Kier molecular flexibility index (Phi) is 4.02. The van der Waals surface area contributed by atoms with Crippen molar-refractivity contribution in [2.75, 3.05) is 5.32 Å². The molecule has 0 aliphatic heterocycles. The summed E-state index contributed by atoms with van der Waals surface area (Å²) < 4.78 is 0. The minimum Gasteiger partial charge on any atom is -0.338 e. The fourth-order valence-electron chi connectivity index (χ4n) is 2.45. The maximum absolute atomic E-state index is 12.3. The molecule has 3 heterocycles. The molecule has 124 valence electrons. The number of benzene rings is 1. The van der Waals surface area contributed by atoms with Crippen LogP contribution in [0.3, 0.4) is 0 Å².